The molecule has 0 aliphatic heterocycles. The second-order valence-electron chi connectivity index (χ2n) is 5.65. The largest absolute Gasteiger partial charge is 0.462 e. The maximum absolute atomic E-state index is 12.8. The minimum atomic E-state index is -0.536. The smallest absolute Gasteiger partial charge is 0.341 e. The average Bonchev–Trinajstić information content (AvgIpc) is 3.14. The molecule has 0 aliphatic rings. The highest BCUT2D eigenvalue weighted by Gasteiger charge is 2.26. The first-order valence-electron chi connectivity index (χ1n) is 8.80. The molecule has 3 rings (SSSR count). The fourth-order valence-corrected chi connectivity index (χ4v) is 4.44. The van der Waals surface area contributed by atoms with Gasteiger partial charge < -0.3 is 4.74 Å². The molecule has 0 atom stereocenters. The molecular formula is C21H15N5O2S2. The van der Waals surface area contributed by atoms with Crippen LogP contribution in [0.5, 0.6) is 0 Å². The minimum Gasteiger partial charge on any atom is -0.462 e. The third-order valence-corrected chi connectivity index (χ3v) is 5.71. The number of hydrogen-bond acceptors (Lipinski definition) is 9. The number of hydrogen-bond donors (Lipinski definition) is 1. The van der Waals surface area contributed by atoms with Gasteiger partial charge in [0.05, 0.1) is 10.8 Å². The van der Waals surface area contributed by atoms with Crippen molar-refractivity contribution >= 4 is 39.8 Å². The van der Waals surface area contributed by atoms with Gasteiger partial charge in [-0.05, 0) is 24.6 Å². The van der Waals surface area contributed by atoms with E-state index in [0.717, 1.165) is 17.3 Å². The summed E-state index contributed by atoms with van der Waals surface area (Å²) in [6, 6.07) is 16.4. The number of pyridine rings is 1. The summed E-state index contributed by atoms with van der Waals surface area (Å²) in [7, 11) is 0. The van der Waals surface area contributed by atoms with Crippen molar-refractivity contribution < 1.29 is 9.53 Å². The lowest BCUT2D eigenvalue weighted by Crippen LogP contribution is -2.09. The third-order valence-electron chi connectivity index (χ3n) is 3.84. The molecule has 1 aromatic carbocycles. The van der Waals surface area contributed by atoms with Crippen molar-refractivity contribution in [2.45, 2.75) is 11.1 Å². The van der Waals surface area contributed by atoms with E-state index in [2.05, 4.69) is 20.9 Å². The van der Waals surface area contributed by atoms with Crippen molar-refractivity contribution in [1.29, 1.82) is 10.5 Å². The number of aromatic nitrogens is 1. The quantitative estimate of drug-likeness (QED) is 0.185. The monoisotopic (exact) mass is 433 g/mol. The van der Waals surface area contributed by atoms with Crippen LogP contribution in [0, 0.1) is 22.0 Å². The normalized spacial score (nSPS) is 10.7. The van der Waals surface area contributed by atoms with Crippen molar-refractivity contribution in [3.8, 4) is 22.6 Å². The summed E-state index contributed by atoms with van der Waals surface area (Å²) in [5.74, 6) is -0.536. The Bertz CT molecular complexity index is 1150. The van der Waals surface area contributed by atoms with Crippen LogP contribution < -0.4 is 5.43 Å². The number of hydrazone groups is 1. The predicted molar refractivity (Wildman–Crippen MR) is 117 cm³/mol. The minimum absolute atomic E-state index is 0.0644. The highest BCUT2D eigenvalue weighted by Crippen LogP contribution is 2.45. The van der Waals surface area contributed by atoms with Gasteiger partial charge in [-0.25, -0.2) is 4.79 Å². The maximum Gasteiger partial charge on any atom is 0.341 e. The molecule has 0 fully saturated rings. The van der Waals surface area contributed by atoms with Crippen LogP contribution in [0.1, 0.15) is 23.0 Å². The van der Waals surface area contributed by atoms with Gasteiger partial charge in [0.15, 0.2) is 5.71 Å². The summed E-state index contributed by atoms with van der Waals surface area (Å²) in [5.41, 5.74) is 4.92. The number of carbonyl (C=O) groups is 1. The molecule has 0 saturated heterocycles. The Labute approximate surface area is 181 Å². The molecule has 148 valence electrons. The average molecular weight is 434 g/mol. The summed E-state index contributed by atoms with van der Waals surface area (Å²) in [4.78, 5) is 16.9. The van der Waals surface area contributed by atoms with Gasteiger partial charge in [-0.3, -0.25) is 10.4 Å². The number of thiocyanates is 1. The van der Waals surface area contributed by atoms with E-state index in [1.165, 1.54) is 11.3 Å². The molecular weight excluding hydrogens is 418 g/mol. The molecule has 0 aliphatic carbocycles. The lowest BCUT2D eigenvalue weighted by Gasteiger charge is -2.08. The van der Waals surface area contributed by atoms with Crippen LogP contribution in [-0.4, -0.2) is 23.3 Å². The van der Waals surface area contributed by atoms with E-state index in [1.54, 1.807) is 31.3 Å². The Balaban J connectivity index is 2.12. The summed E-state index contributed by atoms with van der Waals surface area (Å²) < 4.78 is 5.88. The van der Waals surface area contributed by atoms with Crippen molar-refractivity contribution in [1.82, 2.24) is 4.98 Å². The maximum atomic E-state index is 12.8. The number of ether oxygens (including phenoxy) is 1. The predicted octanol–water partition coefficient (Wildman–Crippen LogP) is 4.90. The van der Waals surface area contributed by atoms with Gasteiger partial charge in [0.1, 0.15) is 27.7 Å². The van der Waals surface area contributed by atoms with E-state index in [0.29, 0.717) is 20.5 Å². The van der Waals surface area contributed by atoms with Crippen LogP contribution in [0.3, 0.4) is 0 Å². The van der Waals surface area contributed by atoms with Gasteiger partial charge in [0.25, 0.3) is 0 Å². The van der Waals surface area contributed by atoms with Gasteiger partial charge in [0.2, 0.25) is 0 Å². The van der Waals surface area contributed by atoms with E-state index in [9.17, 15) is 15.3 Å². The van der Waals surface area contributed by atoms with Gasteiger partial charge in [-0.1, -0.05) is 36.4 Å². The molecule has 30 heavy (non-hydrogen) atoms. The molecule has 0 amide bonds. The Morgan fingerprint density at radius 2 is 2.00 bits per heavy atom. The Kier molecular flexibility index (Phi) is 7.17. The molecule has 0 saturated carbocycles. The number of thiophene rings is 1. The number of esters is 1. The van der Waals surface area contributed by atoms with E-state index in [1.807, 2.05) is 36.4 Å². The molecule has 0 unspecified atom stereocenters. The van der Waals surface area contributed by atoms with Crippen molar-refractivity contribution in [3.05, 3.63) is 66.0 Å². The number of nitrogens with zero attached hydrogens (tertiary/aromatic N) is 4. The zero-order valence-electron chi connectivity index (χ0n) is 15.8. The Morgan fingerprint density at radius 3 is 2.63 bits per heavy atom. The standard InChI is InChI=1S/C21H15N5O2S2/c1-2-28-20(27)18-17(14-8-4-3-5-9-14)21(29-13-23)30-19(18)26-25-16(12-22)15-10-6-7-11-24-15/h3-11,26H,2H2,1H3. The zero-order chi connectivity index (χ0) is 21.3. The molecule has 0 radical (unpaired) electrons. The van der Waals surface area contributed by atoms with Crippen LogP contribution in [0.2, 0.25) is 0 Å². The molecule has 2 heterocycles. The number of carbonyl (C=O) groups excluding carboxylic acids is 1. The van der Waals surface area contributed by atoms with Crippen molar-refractivity contribution in [2.75, 3.05) is 12.0 Å². The number of rotatable bonds is 7. The van der Waals surface area contributed by atoms with Crippen LogP contribution in [0.25, 0.3) is 11.1 Å². The molecule has 0 bridgehead atoms. The lowest BCUT2D eigenvalue weighted by molar-refractivity contribution is 0.0528. The number of thioether (sulfide) groups is 1. The SMILES string of the molecule is CCOC(=O)c1c(NN=C(C#N)c2ccccn2)sc(SC#N)c1-c1ccccc1. The summed E-state index contributed by atoms with van der Waals surface area (Å²) >= 11 is 2.15. The Hall–Kier alpha value is -3.66. The van der Waals surface area contributed by atoms with Gasteiger partial charge in [-0.15, -0.1) is 11.3 Å². The van der Waals surface area contributed by atoms with Gasteiger partial charge in [0, 0.05) is 23.5 Å². The molecule has 0 spiro atoms. The second kappa shape index (κ2) is 10.2. The van der Waals surface area contributed by atoms with Crippen molar-refractivity contribution in [2.24, 2.45) is 5.10 Å². The first-order chi connectivity index (χ1) is 14.7. The molecule has 2 aromatic heterocycles. The van der Waals surface area contributed by atoms with Crippen LogP contribution >= 0.6 is 23.1 Å². The number of anilines is 1. The van der Waals surface area contributed by atoms with E-state index in [4.69, 9.17) is 4.74 Å². The fraction of sp³-hybridized carbons (Fsp3) is 0.0952. The highest BCUT2D eigenvalue weighted by atomic mass is 32.2. The first-order valence-corrected chi connectivity index (χ1v) is 10.4. The van der Waals surface area contributed by atoms with Crippen LogP contribution in [0.4, 0.5) is 5.00 Å². The van der Waals surface area contributed by atoms with Gasteiger partial charge in [-0.2, -0.15) is 15.6 Å². The highest BCUT2D eigenvalue weighted by molar-refractivity contribution is 8.05. The lowest BCUT2D eigenvalue weighted by atomic mass is 10.0. The summed E-state index contributed by atoms with van der Waals surface area (Å²) in [6.07, 6.45) is 1.56. The van der Waals surface area contributed by atoms with Crippen LogP contribution in [-0.2, 0) is 4.74 Å². The third kappa shape index (κ3) is 4.66. The summed E-state index contributed by atoms with van der Waals surface area (Å²) in [5, 5.41) is 25.3. The molecule has 7 nitrogen and oxygen atoms in total. The molecule has 3 aromatic rings. The summed E-state index contributed by atoms with van der Waals surface area (Å²) in [6.45, 7) is 1.92. The molecule has 9 heteroatoms. The van der Waals surface area contributed by atoms with E-state index < -0.39 is 5.97 Å². The first kappa shape index (κ1) is 21.1. The zero-order valence-corrected chi connectivity index (χ0v) is 17.5. The second-order valence-corrected chi connectivity index (χ2v) is 7.72. The van der Waals surface area contributed by atoms with Crippen LogP contribution in [0.15, 0.2) is 64.0 Å². The number of nitriles is 2. The topological polar surface area (TPSA) is 111 Å². The van der Waals surface area contributed by atoms with Gasteiger partial charge >= 0.3 is 5.97 Å². The van der Waals surface area contributed by atoms with E-state index >= 15 is 0 Å². The Morgan fingerprint density at radius 1 is 1.23 bits per heavy atom. The number of benzene rings is 1. The fourth-order valence-electron chi connectivity index (χ4n) is 2.62. The molecule has 1 N–H and O–H groups in total. The van der Waals surface area contributed by atoms with E-state index in [-0.39, 0.29) is 17.9 Å². The number of nitrogens with one attached hydrogen (secondary N) is 1. The van der Waals surface area contributed by atoms with Crippen molar-refractivity contribution in [3.63, 3.8) is 0 Å².